The Kier molecular flexibility index (Phi) is 4.75. The maximum Gasteiger partial charge on any atom is 0.220 e. The Hall–Kier alpha value is -3.19. The summed E-state index contributed by atoms with van der Waals surface area (Å²) < 4.78 is 0. The SMILES string of the molecule is NC1=NC2(CCCCC2)N(c2ccc(-c3csc(-c4ccccc4)n3)cc2)C(N)=N1. The molecule has 0 saturated heterocycles. The molecule has 1 aliphatic heterocycles. The lowest BCUT2D eigenvalue weighted by Gasteiger charge is -2.45. The third-order valence-electron chi connectivity index (χ3n) is 5.80. The fourth-order valence-electron chi connectivity index (χ4n) is 4.40. The van der Waals surface area contributed by atoms with Crippen LogP contribution in [0.5, 0.6) is 0 Å². The van der Waals surface area contributed by atoms with Crippen molar-refractivity contribution in [2.75, 3.05) is 4.90 Å². The summed E-state index contributed by atoms with van der Waals surface area (Å²) in [5.74, 6) is 0.690. The summed E-state index contributed by atoms with van der Waals surface area (Å²) in [5, 5.41) is 3.12. The fraction of sp³-hybridized carbons (Fsp3) is 0.261. The molecular formula is C23H24N6S. The van der Waals surface area contributed by atoms with Gasteiger partial charge in [-0.15, -0.1) is 11.3 Å². The zero-order valence-corrected chi connectivity index (χ0v) is 17.5. The van der Waals surface area contributed by atoms with Crippen LogP contribution in [0, 0.1) is 0 Å². The molecule has 2 aliphatic rings. The molecule has 0 bridgehead atoms. The standard InChI is InChI=1S/C23H24N6S/c24-21-27-22(25)29(23(28-21)13-5-2-6-14-23)18-11-9-16(10-12-18)19-15-30-20(26-19)17-7-3-1-4-8-17/h1,3-4,7-12,15H,2,5-6,13-14H2,(H4,24,25,27,28). The molecule has 5 rings (SSSR count). The van der Waals surface area contributed by atoms with Gasteiger partial charge in [0.05, 0.1) is 5.69 Å². The predicted octanol–water partition coefficient (Wildman–Crippen LogP) is 4.59. The highest BCUT2D eigenvalue weighted by Gasteiger charge is 2.42. The van der Waals surface area contributed by atoms with Crippen LogP contribution in [0.15, 0.2) is 70.0 Å². The van der Waals surface area contributed by atoms with Crippen molar-refractivity contribution in [3.63, 3.8) is 0 Å². The van der Waals surface area contributed by atoms with Crippen molar-refractivity contribution in [2.45, 2.75) is 37.8 Å². The Labute approximate surface area is 180 Å². The first-order valence-corrected chi connectivity index (χ1v) is 11.1. The number of aromatic nitrogens is 1. The second kappa shape index (κ2) is 7.57. The molecule has 1 fully saturated rings. The minimum atomic E-state index is -0.420. The van der Waals surface area contributed by atoms with Crippen LogP contribution < -0.4 is 16.4 Å². The molecule has 6 nitrogen and oxygen atoms in total. The highest BCUT2D eigenvalue weighted by molar-refractivity contribution is 7.13. The van der Waals surface area contributed by atoms with Crippen LogP contribution in [0.1, 0.15) is 32.1 Å². The number of benzene rings is 2. The van der Waals surface area contributed by atoms with E-state index >= 15 is 0 Å². The lowest BCUT2D eigenvalue weighted by Crippen LogP contribution is -2.58. The van der Waals surface area contributed by atoms with Gasteiger partial charge in [0.1, 0.15) is 10.7 Å². The van der Waals surface area contributed by atoms with Crippen LogP contribution in [0.4, 0.5) is 5.69 Å². The number of rotatable bonds is 3. The molecule has 2 aromatic carbocycles. The second-order valence-corrected chi connectivity index (χ2v) is 8.63. The maximum atomic E-state index is 6.33. The van der Waals surface area contributed by atoms with Gasteiger partial charge in [0.15, 0.2) is 0 Å². The lowest BCUT2D eigenvalue weighted by atomic mass is 9.87. The summed E-state index contributed by atoms with van der Waals surface area (Å²) in [6.45, 7) is 0. The summed E-state index contributed by atoms with van der Waals surface area (Å²) in [6, 6.07) is 18.6. The third-order valence-corrected chi connectivity index (χ3v) is 6.69. The predicted molar refractivity (Wildman–Crippen MR) is 125 cm³/mol. The Balaban J connectivity index is 1.45. The van der Waals surface area contributed by atoms with Gasteiger partial charge < -0.3 is 11.5 Å². The Bertz CT molecular complexity index is 1090. The van der Waals surface area contributed by atoms with Crippen LogP contribution in [0.3, 0.4) is 0 Å². The van der Waals surface area contributed by atoms with Crippen molar-refractivity contribution >= 4 is 28.9 Å². The number of thiazole rings is 1. The van der Waals surface area contributed by atoms with E-state index in [9.17, 15) is 0 Å². The van der Waals surface area contributed by atoms with E-state index in [1.807, 2.05) is 18.2 Å². The fourth-order valence-corrected chi connectivity index (χ4v) is 5.23. The van der Waals surface area contributed by atoms with Gasteiger partial charge in [-0.25, -0.2) is 9.98 Å². The molecule has 1 saturated carbocycles. The molecule has 0 atom stereocenters. The van der Waals surface area contributed by atoms with Gasteiger partial charge in [-0.05, 0) is 37.8 Å². The van der Waals surface area contributed by atoms with E-state index in [0.29, 0.717) is 5.96 Å². The minimum Gasteiger partial charge on any atom is -0.369 e. The average molecular weight is 417 g/mol. The van der Waals surface area contributed by atoms with Crippen LogP contribution in [0.2, 0.25) is 0 Å². The number of aliphatic imine (C=N–C) groups is 2. The number of hydrogen-bond acceptors (Lipinski definition) is 7. The summed E-state index contributed by atoms with van der Waals surface area (Å²) in [5.41, 5.74) is 16.0. The molecule has 1 aliphatic carbocycles. The molecule has 152 valence electrons. The molecule has 0 amide bonds. The first-order chi connectivity index (χ1) is 14.6. The normalized spacial score (nSPS) is 18.2. The maximum absolute atomic E-state index is 6.33. The van der Waals surface area contributed by atoms with Crippen LogP contribution in [0.25, 0.3) is 21.8 Å². The summed E-state index contributed by atoms with van der Waals surface area (Å²) in [6.07, 6.45) is 5.30. The van der Waals surface area contributed by atoms with E-state index in [1.54, 1.807) is 11.3 Å². The number of nitrogens with two attached hydrogens (primary N) is 2. The second-order valence-electron chi connectivity index (χ2n) is 7.77. The number of hydrogen-bond donors (Lipinski definition) is 2. The van der Waals surface area contributed by atoms with Crippen LogP contribution in [-0.2, 0) is 0 Å². The van der Waals surface area contributed by atoms with Crippen molar-refractivity contribution in [1.29, 1.82) is 0 Å². The number of nitrogens with zero attached hydrogens (tertiary/aromatic N) is 4. The van der Waals surface area contributed by atoms with Crippen molar-refractivity contribution in [3.05, 3.63) is 60.0 Å². The van der Waals surface area contributed by atoms with E-state index in [2.05, 4.69) is 51.7 Å². The van der Waals surface area contributed by atoms with Gasteiger partial charge in [0.25, 0.3) is 0 Å². The van der Waals surface area contributed by atoms with Crippen molar-refractivity contribution < 1.29 is 0 Å². The molecular weight excluding hydrogens is 392 g/mol. The number of guanidine groups is 2. The molecule has 1 aromatic heterocycles. The van der Waals surface area contributed by atoms with Gasteiger partial charge in [-0.1, -0.05) is 48.9 Å². The monoisotopic (exact) mass is 416 g/mol. The van der Waals surface area contributed by atoms with Crippen molar-refractivity contribution in [1.82, 2.24) is 4.98 Å². The first-order valence-electron chi connectivity index (χ1n) is 10.3. The topological polar surface area (TPSA) is 92.9 Å². The smallest absolute Gasteiger partial charge is 0.220 e. The van der Waals surface area contributed by atoms with Gasteiger partial charge in [0.2, 0.25) is 11.9 Å². The van der Waals surface area contributed by atoms with Crippen LogP contribution in [-0.4, -0.2) is 22.6 Å². The van der Waals surface area contributed by atoms with Crippen molar-refractivity contribution in [2.24, 2.45) is 21.5 Å². The molecule has 2 heterocycles. The zero-order valence-electron chi connectivity index (χ0n) is 16.7. The minimum absolute atomic E-state index is 0.276. The summed E-state index contributed by atoms with van der Waals surface area (Å²) in [4.78, 5) is 15.9. The average Bonchev–Trinajstić information content (AvgIpc) is 3.25. The Morgan fingerprint density at radius 1 is 0.867 bits per heavy atom. The molecule has 7 heteroatoms. The lowest BCUT2D eigenvalue weighted by molar-refractivity contribution is 0.305. The summed E-state index contributed by atoms with van der Waals surface area (Å²) in [7, 11) is 0. The van der Waals surface area contributed by atoms with Gasteiger partial charge in [-0.3, -0.25) is 4.90 Å². The summed E-state index contributed by atoms with van der Waals surface area (Å²) >= 11 is 1.66. The highest BCUT2D eigenvalue weighted by Crippen LogP contribution is 2.40. The van der Waals surface area contributed by atoms with Gasteiger partial charge in [-0.2, -0.15) is 4.99 Å². The van der Waals surface area contributed by atoms with E-state index < -0.39 is 5.66 Å². The van der Waals surface area contributed by atoms with E-state index in [1.165, 1.54) is 6.42 Å². The Morgan fingerprint density at radius 2 is 1.60 bits per heavy atom. The molecule has 3 aromatic rings. The molecule has 30 heavy (non-hydrogen) atoms. The van der Waals surface area contributed by atoms with Gasteiger partial charge >= 0.3 is 0 Å². The molecule has 4 N–H and O–H groups in total. The quantitative estimate of drug-likeness (QED) is 0.653. The van der Waals surface area contributed by atoms with E-state index in [-0.39, 0.29) is 5.96 Å². The third kappa shape index (κ3) is 3.35. The number of anilines is 1. The van der Waals surface area contributed by atoms with E-state index in [0.717, 1.165) is 53.2 Å². The first kappa shape index (κ1) is 18.8. The largest absolute Gasteiger partial charge is 0.369 e. The van der Waals surface area contributed by atoms with Gasteiger partial charge in [0, 0.05) is 22.2 Å². The highest BCUT2D eigenvalue weighted by atomic mass is 32.1. The molecule has 0 unspecified atom stereocenters. The molecule has 0 radical (unpaired) electrons. The zero-order chi connectivity index (χ0) is 20.6. The van der Waals surface area contributed by atoms with Crippen LogP contribution >= 0.6 is 11.3 Å². The Morgan fingerprint density at radius 3 is 2.33 bits per heavy atom. The van der Waals surface area contributed by atoms with E-state index in [4.69, 9.17) is 21.4 Å². The molecule has 1 spiro atoms. The van der Waals surface area contributed by atoms with Crippen molar-refractivity contribution in [3.8, 4) is 21.8 Å².